The van der Waals surface area contributed by atoms with Crippen molar-refractivity contribution in [3.05, 3.63) is 37.0 Å². The molecule has 0 heterocycles. The summed E-state index contributed by atoms with van der Waals surface area (Å²) in [6, 6.07) is -0.247. The zero-order valence-electron chi connectivity index (χ0n) is 12.2. The van der Waals surface area contributed by atoms with Gasteiger partial charge in [-0.3, -0.25) is 0 Å². The Morgan fingerprint density at radius 2 is 2.20 bits per heavy atom. The third-order valence-corrected chi connectivity index (χ3v) is 3.81. The monoisotopic (exact) mass is 279 g/mol. The van der Waals surface area contributed by atoms with Crippen LogP contribution < -0.4 is 5.32 Å². The molecule has 0 aromatic rings. The molecule has 0 bridgehead atoms. The topological polar surface area (TPSA) is 58.6 Å². The number of amides is 1. The van der Waals surface area contributed by atoms with Crippen LogP contribution >= 0.6 is 0 Å². The molecule has 0 saturated heterocycles. The van der Waals surface area contributed by atoms with Crippen LogP contribution in [0, 0.1) is 5.41 Å². The molecule has 1 atom stereocenters. The van der Waals surface area contributed by atoms with Crippen LogP contribution in [0.2, 0.25) is 0 Å². The van der Waals surface area contributed by atoms with E-state index in [4.69, 9.17) is 4.74 Å². The fourth-order valence-electron chi connectivity index (χ4n) is 2.42. The van der Waals surface area contributed by atoms with Gasteiger partial charge < -0.3 is 15.2 Å². The second-order valence-corrected chi connectivity index (χ2v) is 5.65. The number of carbonyl (C=O) groups is 1. The van der Waals surface area contributed by atoms with E-state index in [2.05, 4.69) is 25.4 Å². The van der Waals surface area contributed by atoms with Crippen molar-refractivity contribution < 1.29 is 14.6 Å². The van der Waals surface area contributed by atoms with Crippen LogP contribution in [0.1, 0.15) is 32.6 Å². The summed E-state index contributed by atoms with van der Waals surface area (Å²) in [7, 11) is 0. The maximum Gasteiger partial charge on any atom is 0.407 e. The highest BCUT2D eigenvalue weighted by molar-refractivity contribution is 5.67. The summed E-state index contributed by atoms with van der Waals surface area (Å²) in [5.74, 6) is 0. The van der Waals surface area contributed by atoms with Crippen molar-refractivity contribution in [2.75, 3.05) is 13.2 Å². The molecule has 1 saturated carbocycles. The van der Waals surface area contributed by atoms with E-state index in [1.807, 2.05) is 0 Å². The number of nitrogens with one attached hydrogen (secondary N) is 1. The number of carbonyl (C=O) groups excluding carboxylic acids is 1. The van der Waals surface area contributed by atoms with Crippen LogP contribution in [0.15, 0.2) is 37.0 Å². The van der Waals surface area contributed by atoms with Gasteiger partial charge in [0.15, 0.2) is 0 Å². The minimum atomic E-state index is -0.510. The van der Waals surface area contributed by atoms with Crippen molar-refractivity contribution in [3.63, 3.8) is 0 Å². The fraction of sp³-hybridized carbons (Fsp3) is 0.562. The smallest absolute Gasteiger partial charge is 0.407 e. The maximum atomic E-state index is 11.7. The van der Waals surface area contributed by atoms with Crippen molar-refractivity contribution in [1.29, 1.82) is 0 Å². The molecule has 2 N–H and O–H groups in total. The predicted molar refractivity (Wildman–Crippen MR) is 80.4 cm³/mol. The van der Waals surface area contributed by atoms with Crippen molar-refractivity contribution in [3.8, 4) is 0 Å². The molecule has 0 aromatic heterocycles. The Labute approximate surface area is 121 Å². The van der Waals surface area contributed by atoms with E-state index in [1.54, 1.807) is 18.2 Å². The molecular formula is C16H25NO3. The quantitative estimate of drug-likeness (QED) is 0.672. The zero-order chi connectivity index (χ0) is 15.0. The minimum Gasteiger partial charge on any atom is -0.445 e. The van der Waals surface area contributed by atoms with E-state index in [0.29, 0.717) is 0 Å². The molecule has 4 nitrogen and oxygen atoms in total. The first kappa shape index (κ1) is 16.5. The average molecular weight is 279 g/mol. The first-order chi connectivity index (χ1) is 9.53. The van der Waals surface area contributed by atoms with E-state index < -0.39 is 6.09 Å². The van der Waals surface area contributed by atoms with E-state index >= 15 is 0 Å². The third-order valence-electron chi connectivity index (χ3n) is 3.81. The van der Waals surface area contributed by atoms with Crippen LogP contribution in [0.25, 0.3) is 0 Å². The van der Waals surface area contributed by atoms with Crippen molar-refractivity contribution in [1.82, 2.24) is 5.32 Å². The Morgan fingerprint density at radius 3 is 2.65 bits per heavy atom. The Bertz CT molecular complexity index is 383. The van der Waals surface area contributed by atoms with Gasteiger partial charge in [-0.05, 0) is 30.3 Å². The van der Waals surface area contributed by atoms with Crippen LogP contribution in [0.4, 0.5) is 4.79 Å². The van der Waals surface area contributed by atoms with Gasteiger partial charge in [0.05, 0.1) is 12.6 Å². The van der Waals surface area contributed by atoms with Crippen LogP contribution in [-0.4, -0.2) is 30.5 Å². The lowest BCUT2D eigenvalue weighted by molar-refractivity contribution is 0.0961. The van der Waals surface area contributed by atoms with E-state index in [9.17, 15) is 9.90 Å². The molecule has 1 aliphatic rings. The predicted octanol–water partition coefficient (Wildman–Crippen LogP) is 2.95. The van der Waals surface area contributed by atoms with Gasteiger partial charge in [0.1, 0.15) is 6.61 Å². The van der Waals surface area contributed by atoms with Gasteiger partial charge in [-0.1, -0.05) is 44.7 Å². The van der Waals surface area contributed by atoms with Gasteiger partial charge in [0.2, 0.25) is 0 Å². The molecule has 0 radical (unpaired) electrons. The lowest BCUT2D eigenvalue weighted by Gasteiger charge is -2.40. The number of allylic oxidation sites excluding steroid dienone is 2. The standard InChI is InChI=1S/C16H25NO3/c1-4-7-13(5-2)12-20-15(19)17-14(11-18)10-16(3)8-6-9-16/h4-5,7,14,18H,1-2,6,8-12H2,3H3,(H,17,19)/b13-7+. The molecule has 0 aromatic carbocycles. The molecular weight excluding hydrogens is 254 g/mol. The van der Waals surface area contributed by atoms with Gasteiger partial charge in [-0.25, -0.2) is 4.79 Å². The summed E-state index contributed by atoms with van der Waals surface area (Å²) < 4.78 is 5.10. The highest BCUT2D eigenvalue weighted by Crippen LogP contribution is 2.43. The molecule has 1 unspecified atom stereocenters. The number of alkyl carbamates (subject to hydrolysis) is 1. The summed E-state index contributed by atoms with van der Waals surface area (Å²) in [5, 5.41) is 12.1. The zero-order valence-corrected chi connectivity index (χ0v) is 12.2. The van der Waals surface area contributed by atoms with E-state index in [1.165, 1.54) is 6.42 Å². The Kier molecular flexibility index (Phi) is 6.52. The van der Waals surface area contributed by atoms with Crippen LogP contribution in [0.3, 0.4) is 0 Å². The van der Waals surface area contributed by atoms with Gasteiger partial charge >= 0.3 is 6.09 Å². The summed E-state index contributed by atoms with van der Waals surface area (Å²) in [6.45, 7) is 9.48. The molecule has 4 heteroatoms. The first-order valence-corrected chi connectivity index (χ1v) is 7.01. The van der Waals surface area contributed by atoms with Crippen molar-refractivity contribution >= 4 is 6.09 Å². The minimum absolute atomic E-state index is 0.0680. The SMILES string of the molecule is C=C/C=C(\C=C)COC(=O)NC(CO)CC1(C)CCC1. The number of hydrogen-bond acceptors (Lipinski definition) is 3. The molecule has 0 spiro atoms. The van der Waals surface area contributed by atoms with Gasteiger partial charge in [0.25, 0.3) is 0 Å². The Morgan fingerprint density at radius 1 is 1.50 bits per heavy atom. The fourth-order valence-corrected chi connectivity index (χ4v) is 2.42. The van der Waals surface area contributed by atoms with Crippen molar-refractivity contribution in [2.24, 2.45) is 5.41 Å². The summed E-state index contributed by atoms with van der Waals surface area (Å²) in [5.41, 5.74) is 1.03. The van der Waals surface area contributed by atoms with Gasteiger partial charge in [0, 0.05) is 0 Å². The highest BCUT2D eigenvalue weighted by Gasteiger charge is 2.34. The Hall–Kier alpha value is -1.55. The third kappa shape index (κ3) is 5.21. The normalized spacial score (nSPS) is 18.6. The number of aliphatic hydroxyl groups is 1. The second kappa shape index (κ2) is 7.90. The number of rotatable bonds is 8. The second-order valence-electron chi connectivity index (χ2n) is 5.65. The molecule has 1 amide bonds. The van der Waals surface area contributed by atoms with E-state index in [0.717, 1.165) is 24.8 Å². The van der Waals surface area contributed by atoms with Crippen LogP contribution in [0.5, 0.6) is 0 Å². The van der Waals surface area contributed by atoms with Crippen LogP contribution in [-0.2, 0) is 4.74 Å². The van der Waals surface area contributed by atoms with E-state index in [-0.39, 0.29) is 24.7 Å². The summed E-state index contributed by atoms with van der Waals surface area (Å²) in [4.78, 5) is 11.7. The lowest BCUT2D eigenvalue weighted by Crippen LogP contribution is -2.43. The summed E-state index contributed by atoms with van der Waals surface area (Å²) in [6.07, 6.45) is 8.79. The maximum absolute atomic E-state index is 11.7. The number of aliphatic hydroxyl groups excluding tert-OH is 1. The molecule has 1 aliphatic carbocycles. The Balaban J connectivity index is 2.37. The molecule has 112 valence electrons. The first-order valence-electron chi connectivity index (χ1n) is 7.01. The number of ether oxygens (including phenoxy) is 1. The highest BCUT2D eigenvalue weighted by atomic mass is 16.5. The van der Waals surface area contributed by atoms with Crippen molar-refractivity contribution in [2.45, 2.75) is 38.6 Å². The van der Waals surface area contributed by atoms with Gasteiger partial charge in [-0.2, -0.15) is 0 Å². The molecule has 0 aliphatic heterocycles. The summed E-state index contributed by atoms with van der Waals surface area (Å²) >= 11 is 0. The van der Waals surface area contributed by atoms with Gasteiger partial charge in [-0.15, -0.1) is 0 Å². The molecule has 1 rings (SSSR count). The number of hydrogen-bond donors (Lipinski definition) is 2. The lowest BCUT2D eigenvalue weighted by atomic mass is 9.67. The molecule has 1 fully saturated rings. The average Bonchev–Trinajstić information content (AvgIpc) is 2.40. The molecule has 20 heavy (non-hydrogen) atoms. The largest absolute Gasteiger partial charge is 0.445 e.